The van der Waals surface area contributed by atoms with Crippen molar-refractivity contribution < 1.29 is 17.9 Å². The molecule has 0 aliphatic carbocycles. The van der Waals surface area contributed by atoms with Gasteiger partial charge < -0.3 is 14.6 Å². The highest BCUT2D eigenvalue weighted by atomic mass is 35.5. The summed E-state index contributed by atoms with van der Waals surface area (Å²) in [5.74, 6) is -0.458. The van der Waals surface area contributed by atoms with Crippen molar-refractivity contribution >= 4 is 33.2 Å². The van der Waals surface area contributed by atoms with Gasteiger partial charge in [-0.15, -0.1) is 0 Å². The Balaban J connectivity index is 1.77. The van der Waals surface area contributed by atoms with Crippen molar-refractivity contribution in [2.45, 2.75) is 11.4 Å². The average Bonchev–Trinajstić information content (AvgIpc) is 2.66. The van der Waals surface area contributed by atoms with Gasteiger partial charge in [-0.2, -0.15) is 4.31 Å². The van der Waals surface area contributed by atoms with E-state index in [2.05, 4.69) is 5.32 Å². The molecule has 1 saturated heterocycles. The number of carbonyl (C=O) groups is 1. The Hall–Kier alpha value is -2.20. The molecule has 2 aromatic rings. The Morgan fingerprint density at radius 2 is 1.78 bits per heavy atom. The summed E-state index contributed by atoms with van der Waals surface area (Å²) in [6, 6.07) is 8.89. The first-order chi connectivity index (χ1) is 12.9. The molecule has 2 heterocycles. The lowest BCUT2D eigenvalue weighted by Gasteiger charge is -2.26. The zero-order valence-electron chi connectivity index (χ0n) is 14.3. The molecule has 0 bridgehead atoms. The number of halogens is 1. The molecule has 1 amide bonds. The standard InChI is InChI=1S/C17H18ClN3O5S/c18-13-1-3-14(4-2-13)19-16(22)12-20-11-15(5-6-17(20)23)27(24,25)21-7-9-26-10-8-21/h1-6,11H,7-10,12H2,(H,19,22). The number of nitrogens with zero attached hydrogens (tertiary/aromatic N) is 2. The molecular weight excluding hydrogens is 394 g/mol. The van der Waals surface area contributed by atoms with Crippen LogP contribution in [0.4, 0.5) is 5.69 Å². The lowest BCUT2D eigenvalue weighted by atomic mass is 10.3. The van der Waals surface area contributed by atoms with Crippen molar-refractivity contribution in [3.63, 3.8) is 0 Å². The number of carbonyl (C=O) groups excluding carboxylic acids is 1. The van der Waals surface area contributed by atoms with E-state index in [-0.39, 0.29) is 24.5 Å². The van der Waals surface area contributed by atoms with Gasteiger partial charge in [0.15, 0.2) is 0 Å². The van der Waals surface area contributed by atoms with Crippen molar-refractivity contribution in [1.29, 1.82) is 0 Å². The minimum absolute atomic E-state index is 0.0386. The third-order valence-corrected chi connectivity index (χ3v) is 6.14. The number of nitrogens with one attached hydrogen (secondary N) is 1. The van der Waals surface area contributed by atoms with Gasteiger partial charge in [0, 0.05) is 36.1 Å². The number of hydrogen-bond acceptors (Lipinski definition) is 5. The van der Waals surface area contributed by atoms with Gasteiger partial charge in [-0.05, 0) is 30.3 Å². The highest BCUT2D eigenvalue weighted by Gasteiger charge is 2.27. The van der Waals surface area contributed by atoms with E-state index in [4.69, 9.17) is 16.3 Å². The van der Waals surface area contributed by atoms with Gasteiger partial charge >= 0.3 is 0 Å². The molecule has 1 aromatic carbocycles. The number of pyridine rings is 1. The largest absolute Gasteiger partial charge is 0.379 e. The van der Waals surface area contributed by atoms with Gasteiger partial charge in [0.1, 0.15) is 6.54 Å². The molecular formula is C17H18ClN3O5S. The molecule has 3 rings (SSSR count). The maximum absolute atomic E-state index is 12.7. The Kier molecular flexibility index (Phi) is 5.95. The van der Waals surface area contributed by atoms with Gasteiger partial charge in [-0.1, -0.05) is 11.6 Å². The summed E-state index contributed by atoms with van der Waals surface area (Å²) in [7, 11) is -3.75. The van der Waals surface area contributed by atoms with Crippen LogP contribution in [0.25, 0.3) is 0 Å². The van der Waals surface area contributed by atoms with Crippen LogP contribution in [0, 0.1) is 0 Å². The number of amides is 1. The molecule has 10 heteroatoms. The normalized spacial score (nSPS) is 15.4. The van der Waals surface area contributed by atoms with Gasteiger partial charge in [-0.3, -0.25) is 9.59 Å². The van der Waals surface area contributed by atoms with Crippen LogP contribution in [0.1, 0.15) is 0 Å². The predicted octanol–water partition coefficient (Wildman–Crippen LogP) is 1.16. The third kappa shape index (κ3) is 4.75. The molecule has 1 aliphatic rings. The molecule has 1 N–H and O–H groups in total. The number of sulfonamides is 1. The monoisotopic (exact) mass is 411 g/mol. The SMILES string of the molecule is O=C(Cn1cc(S(=O)(=O)N2CCOCC2)ccc1=O)Nc1ccc(Cl)cc1. The minimum atomic E-state index is -3.75. The smallest absolute Gasteiger partial charge is 0.251 e. The molecule has 1 aromatic heterocycles. The molecule has 0 saturated carbocycles. The van der Waals surface area contributed by atoms with E-state index in [9.17, 15) is 18.0 Å². The molecule has 144 valence electrons. The van der Waals surface area contributed by atoms with Crippen molar-refractivity contribution in [2.75, 3.05) is 31.6 Å². The van der Waals surface area contributed by atoms with Crippen LogP contribution in [-0.4, -0.2) is 49.5 Å². The van der Waals surface area contributed by atoms with Crippen LogP contribution in [0.2, 0.25) is 5.02 Å². The zero-order chi connectivity index (χ0) is 19.4. The van der Waals surface area contributed by atoms with Gasteiger partial charge in [0.05, 0.1) is 18.1 Å². The molecule has 0 atom stereocenters. The number of benzene rings is 1. The van der Waals surface area contributed by atoms with Crippen molar-refractivity contribution in [3.8, 4) is 0 Å². The summed E-state index contributed by atoms with van der Waals surface area (Å²) in [6.07, 6.45) is 1.19. The molecule has 1 fully saturated rings. The topological polar surface area (TPSA) is 97.7 Å². The fraction of sp³-hybridized carbons (Fsp3) is 0.294. The summed E-state index contributed by atoms with van der Waals surface area (Å²) < 4.78 is 32.9. The van der Waals surface area contributed by atoms with Crippen LogP contribution in [0.15, 0.2) is 52.3 Å². The van der Waals surface area contributed by atoms with Crippen LogP contribution in [0.5, 0.6) is 0 Å². The number of rotatable bonds is 5. The van der Waals surface area contributed by atoms with Gasteiger partial charge in [0.2, 0.25) is 15.9 Å². The summed E-state index contributed by atoms with van der Waals surface area (Å²) in [5.41, 5.74) is 0.0525. The zero-order valence-corrected chi connectivity index (χ0v) is 15.9. The number of anilines is 1. The molecule has 0 spiro atoms. The first-order valence-corrected chi connectivity index (χ1v) is 10.0. The second-order valence-corrected chi connectivity index (χ2v) is 8.28. The number of hydrogen-bond donors (Lipinski definition) is 1. The van der Waals surface area contributed by atoms with E-state index in [1.54, 1.807) is 24.3 Å². The van der Waals surface area contributed by atoms with Crippen molar-refractivity contribution in [1.82, 2.24) is 8.87 Å². The van der Waals surface area contributed by atoms with Gasteiger partial charge in [-0.25, -0.2) is 8.42 Å². The maximum atomic E-state index is 12.7. The minimum Gasteiger partial charge on any atom is -0.379 e. The fourth-order valence-electron chi connectivity index (χ4n) is 2.61. The molecule has 0 radical (unpaired) electrons. The molecule has 27 heavy (non-hydrogen) atoms. The Morgan fingerprint density at radius 3 is 2.44 bits per heavy atom. The van der Waals surface area contributed by atoms with E-state index in [0.717, 1.165) is 10.6 Å². The molecule has 8 nitrogen and oxygen atoms in total. The lowest BCUT2D eigenvalue weighted by Crippen LogP contribution is -2.41. The number of ether oxygens (including phenoxy) is 1. The maximum Gasteiger partial charge on any atom is 0.251 e. The van der Waals surface area contributed by atoms with Gasteiger partial charge in [0.25, 0.3) is 5.56 Å². The van der Waals surface area contributed by atoms with E-state index >= 15 is 0 Å². The van der Waals surface area contributed by atoms with Crippen molar-refractivity contribution in [3.05, 3.63) is 58.0 Å². The van der Waals surface area contributed by atoms with E-state index in [1.165, 1.54) is 16.6 Å². The highest BCUT2D eigenvalue weighted by Crippen LogP contribution is 2.16. The molecule has 0 unspecified atom stereocenters. The third-order valence-electron chi connectivity index (χ3n) is 4.01. The first kappa shape index (κ1) is 19.6. The Bertz CT molecular complexity index is 982. The van der Waals surface area contributed by atoms with Crippen LogP contribution < -0.4 is 10.9 Å². The number of morpholine rings is 1. The lowest BCUT2D eigenvalue weighted by molar-refractivity contribution is -0.116. The summed E-state index contributed by atoms with van der Waals surface area (Å²) in [4.78, 5) is 24.2. The van der Waals surface area contributed by atoms with Crippen molar-refractivity contribution in [2.24, 2.45) is 0 Å². The first-order valence-electron chi connectivity index (χ1n) is 8.20. The summed E-state index contributed by atoms with van der Waals surface area (Å²) in [6.45, 7) is 0.829. The fourth-order valence-corrected chi connectivity index (χ4v) is 4.16. The highest BCUT2D eigenvalue weighted by molar-refractivity contribution is 7.89. The Labute approximate surface area is 161 Å². The summed E-state index contributed by atoms with van der Waals surface area (Å²) >= 11 is 5.80. The number of aromatic nitrogens is 1. The van der Waals surface area contributed by atoms with E-state index < -0.39 is 21.5 Å². The Morgan fingerprint density at radius 1 is 1.11 bits per heavy atom. The van der Waals surface area contributed by atoms with E-state index in [1.807, 2.05) is 0 Å². The second-order valence-electron chi connectivity index (χ2n) is 5.90. The average molecular weight is 412 g/mol. The van der Waals surface area contributed by atoms with E-state index in [0.29, 0.717) is 23.9 Å². The predicted molar refractivity (Wildman–Crippen MR) is 100 cm³/mol. The molecule has 1 aliphatic heterocycles. The quantitative estimate of drug-likeness (QED) is 0.796. The summed E-state index contributed by atoms with van der Waals surface area (Å²) in [5, 5.41) is 3.17. The van der Waals surface area contributed by atoms with Crippen LogP contribution >= 0.6 is 11.6 Å². The second kappa shape index (κ2) is 8.22. The van der Waals surface area contributed by atoms with Crippen LogP contribution in [-0.2, 0) is 26.1 Å². The van der Waals surface area contributed by atoms with Crippen LogP contribution in [0.3, 0.4) is 0 Å².